The minimum Gasteiger partial charge on any atom is -0.323 e. The SMILES string of the molecule is O=C(/C=C/c1ccccc1)Nc1ccc(SCC(=O)Nc2nc(-c3cccc([N+](=O)[O-])c3)cs2)cc1. The van der Waals surface area contributed by atoms with Crippen LogP contribution in [0, 0.1) is 10.1 Å². The van der Waals surface area contributed by atoms with Crippen molar-refractivity contribution >= 4 is 57.5 Å². The average Bonchev–Trinajstić information content (AvgIpc) is 3.36. The first-order chi connectivity index (χ1) is 17.5. The predicted octanol–water partition coefficient (Wildman–Crippen LogP) is 6.10. The van der Waals surface area contributed by atoms with Crippen molar-refractivity contribution in [3.05, 3.63) is 106 Å². The van der Waals surface area contributed by atoms with Gasteiger partial charge >= 0.3 is 0 Å². The van der Waals surface area contributed by atoms with Crippen LogP contribution in [0.5, 0.6) is 0 Å². The molecule has 180 valence electrons. The van der Waals surface area contributed by atoms with E-state index in [9.17, 15) is 19.7 Å². The molecule has 10 heteroatoms. The number of rotatable bonds is 9. The van der Waals surface area contributed by atoms with Gasteiger partial charge in [0.15, 0.2) is 5.13 Å². The van der Waals surface area contributed by atoms with Gasteiger partial charge in [0.1, 0.15) is 0 Å². The molecule has 0 atom stereocenters. The summed E-state index contributed by atoms with van der Waals surface area (Å²) in [6.45, 7) is 0. The molecule has 0 aliphatic rings. The molecule has 1 heterocycles. The molecule has 2 N–H and O–H groups in total. The molecule has 3 aromatic carbocycles. The van der Waals surface area contributed by atoms with Crippen molar-refractivity contribution in [1.29, 1.82) is 0 Å². The van der Waals surface area contributed by atoms with E-state index in [1.807, 2.05) is 42.5 Å². The molecule has 4 rings (SSSR count). The van der Waals surface area contributed by atoms with Crippen LogP contribution in [0.3, 0.4) is 0 Å². The second-order valence-corrected chi connectivity index (χ2v) is 9.35. The monoisotopic (exact) mass is 516 g/mol. The summed E-state index contributed by atoms with van der Waals surface area (Å²) >= 11 is 2.61. The highest BCUT2D eigenvalue weighted by Gasteiger charge is 2.12. The summed E-state index contributed by atoms with van der Waals surface area (Å²) in [5.41, 5.74) is 2.75. The lowest BCUT2D eigenvalue weighted by Crippen LogP contribution is -2.13. The van der Waals surface area contributed by atoms with Gasteiger partial charge in [-0.15, -0.1) is 23.1 Å². The number of carbonyl (C=O) groups excluding carboxylic acids is 2. The number of thioether (sulfide) groups is 1. The zero-order chi connectivity index (χ0) is 25.3. The summed E-state index contributed by atoms with van der Waals surface area (Å²) in [6, 6.07) is 23.0. The number of aromatic nitrogens is 1. The Labute approximate surface area is 215 Å². The zero-order valence-electron chi connectivity index (χ0n) is 18.8. The number of thiazole rings is 1. The first-order valence-corrected chi connectivity index (χ1v) is 12.6. The Bertz CT molecular complexity index is 1400. The van der Waals surface area contributed by atoms with Crippen LogP contribution in [0.4, 0.5) is 16.5 Å². The molecule has 0 saturated heterocycles. The third-order valence-corrected chi connectivity index (χ3v) is 6.59. The first-order valence-electron chi connectivity index (χ1n) is 10.7. The Kier molecular flexibility index (Phi) is 8.22. The number of nitrogens with one attached hydrogen (secondary N) is 2. The smallest absolute Gasteiger partial charge is 0.270 e. The second-order valence-electron chi connectivity index (χ2n) is 7.44. The first kappa shape index (κ1) is 24.8. The molecule has 1 aromatic heterocycles. The molecule has 0 aliphatic heterocycles. The van der Waals surface area contributed by atoms with Gasteiger partial charge in [-0.1, -0.05) is 42.5 Å². The number of hydrogen-bond acceptors (Lipinski definition) is 7. The van der Waals surface area contributed by atoms with Crippen LogP contribution in [0.25, 0.3) is 17.3 Å². The third kappa shape index (κ3) is 7.11. The third-order valence-electron chi connectivity index (χ3n) is 4.82. The molecule has 0 bridgehead atoms. The summed E-state index contributed by atoms with van der Waals surface area (Å²) in [5, 5.41) is 18.7. The highest BCUT2D eigenvalue weighted by atomic mass is 32.2. The van der Waals surface area contributed by atoms with E-state index in [2.05, 4.69) is 15.6 Å². The average molecular weight is 517 g/mol. The number of amides is 2. The van der Waals surface area contributed by atoms with Crippen molar-refractivity contribution in [2.75, 3.05) is 16.4 Å². The Morgan fingerprint density at radius 2 is 1.78 bits per heavy atom. The van der Waals surface area contributed by atoms with Gasteiger partial charge in [0, 0.05) is 39.7 Å². The van der Waals surface area contributed by atoms with Crippen LogP contribution in [-0.4, -0.2) is 27.5 Å². The van der Waals surface area contributed by atoms with Crippen LogP contribution in [0.15, 0.2) is 95.2 Å². The summed E-state index contributed by atoms with van der Waals surface area (Å²) in [6.07, 6.45) is 3.22. The summed E-state index contributed by atoms with van der Waals surface area (Å²) in [4.78, 5) is 40.2. The van der Waals surface area contributed by atoms with Crippen molar-refractivity contribution < 1.29 is 14.5 Å². The fourth-order valence-electron chi connectivity index (χ4n) is 3.10. The topological polar surface area (TPSA) is 114 Å². The summed E-state index contributed by atoms with van der Waals surface area (Å²) in [5.74, 6) is -0.271. The van der Waals surface area contributed by atoms with E-state index in [4.69, 9.17) is 0 Å². The number of non-ortho nitro benzene ring substituents is 1. The Morgan fingerprint density at radius 1 is 1.00 bits per heavy atom. The van der Waals surface area contributed by atoms with Crippen molar-refractivity contribution in [3.8, 4) is 11.3 Å². The van der Waals surface area contributed by atoms with E-state index in [-0.39, 0.29) is 23.3 Å². The molecule has 0 radical (unpaired) electrons. The van der Waals surface area contributed by atoms with Crippen LogP contribution in [-0.2, 0) is 9.59 Å². The normalized spacial score (nSPS) is 10.8. The van der Waals surface area contributed by atoms with Gasteiger partial charge in [-0.3, -0.25) is 19.7 Å². The molecular formula is C26H20N4O4S2. The van der Waals surface area contributed by atoms with Crippen molar-refractivity contribution in [1.82, 2.24) is 4.98 Å². The zero-order valence-corrected chi connectivity index (χ0v) is 20.4. The fourth-order valence-corrected chi connectivity index (χ4v) is 4.54. The number of anilines is 2. The number of nitro groups is 1. The molecule has 4 aromatic rings. The van der Waals surface area contributed by atoms with Crippen molar-refractivity contribution in [3.63, 3.8) is 0 Å². The van der Waals surface area contributed by atoms with Crippen molar-refractivity contribution in [2.24, 2.45) is 0 Å². The van der Waals surface area contributed by atoms with Crippen LogP contribution in [0.2, 0.25) is 0 Å². The number of hydrogen-bond donors (Lipinski definition) is 2. The molecule has 36 heavy (non-hydrogen) atoms. The standard InChI is InChI=1S/C26H20N4O4S2/c31-24(14-9-18-5-2-1-3-6-18)27-20-10-12-22(13-11-20)35-17-25(32)29-26-28-23(16-36-26)19-7-4-8-21(15-19)30(33)34/h1-16H,17H2,(H,27,31)(H,28,29,32)/b14-9+. The molecule has 0 saturated carbocycles. The molecule has 0 fully saturated rings. The van der Waals surface area contributed by atoms with Crippen LogP contribution >= 0.6 is 23.1 Å². The highest BCUT2D eigenvalue weighted by molar-refractivity contribution is 8.00. The highest BCUT2D eigenvalue weighted by Crippen LogP contribution is 2.28. The van der Waals surface area contributed by atoms with E-state index in [0.29, 0.717) is 22.1 Å². The van der Waals surface area contributed by atoms with Gasteiger partial charge < -0.3 is 10.6 Å². The number of carbonyl (C=O) groups is 2. The lowest BCUT2D eigenvalue weighted by atomic mass is 10.1. The quantitative estimate of drug-likeness (QED) is 0.120. The molecular weight excluding hydrogens is 496 g/mol. The molecule has 2 amide bonds. The molecule has 0 unspecified atom stereocenters. The molecule has 0 aliphatic carbocycles. The summed E-state index contributed by atoms with van der Waals surface area (Å²) < 4.78 is 0. The maximum Gasteiger partial charge on any atom is 0.270 e. The molecule has 8 nitrogen and oxygen atoms in total. The maximum atomic E-state index is 12.4. The van der Waals surface area contributed by atoms with Gasteiger partial charge in [0.05, 0.1) is 16.4 Å². The Hall–Kier alpha value is -4.28. The van der Waals surface area contributed by atoms with Crippen LogP contribution in [0.1, 0.15) is 5.56 Å². The van der Waals surface area contributed by atoms with Crippen molar-refractivity contribution in [2.45, 2.75) is 4.90 Å². The van der Waals surface area contributed by atoms with E-state index >= 15 is 0 Å². The second kappa shape index (κ2) is 11.9. The minimum atomic E-state index is -0.459. The van der Waals surface area contributed by atoms with Gasteiger partial charge in [-0.2, -0.15) is 0 Å². The van der Waals surface area contributed by atoms with E-state index < -0.39 is 4.92 Å². The van der Waals surface area contributed by atoms with Gasteiger partial charge in [-0.05, 0) is 35.9 Å². The lowest BCUT2D eigenvalue weighted by molar-refractivity contribution is -0.384. The van der Waals surface area contributed by atoms with E-state index in [0.717, 1.165) is 10.5 Å². The van der Waals surface area contributed by atoms with E-state index in [1.165, 1.54) is 41.3 Å². The van der Waals surface area contributed by atoms with Crippen LogP contribution < -0.4 is 10.6 Å². The number of benzene rings is 3. The minimum absolute atomic E-state index is 0.0169. The van der Waals surface area contributed by atoms with Gasteiger partial charge in [-0.25, -0.2) is 4.98 Å². The summed E-state index contributed by atoms with van der Waals surface area (Å²) in [7, 11) is 0. The van der Waals surface area contributed by atoms with Gasteiger partial charge in [0.25, 0.3) is 5.69 Å². The molecule has 0 spiro atoms. The Balaban J connectivity index is 1.25. The largest absolute Gasteiger partial charge is 0.323 e. The maximum absolute atomic E-state index is 12.4. The number of nitro benzene ring substituents is 1. The van der Waals surface area contributed by atoms with E-state index in [1.54, 1.807) is 35.7 Å². The van der Waals surface area contributed by atoms with Gasteiger partial charge in [0.2, 0.25) is 11.8 Å². The predicted molar refractivity (Wildman–Crippen MR) is 144 cm³/mol. The lowest BCUT2D eigenvalue weighted by Gasteiger charge is -2.05. The Morgan fingerprint density at radius 3 is 2.53 bits per heavy atom. The fraction of sp³-hybridized carbons (Fsp3) is 0.0385. The number of nitrogens with zero attached hydrogens (tertiary/aromatic N) is 2.